The lowest BCUT2D eigenvalue weighted by Gasteiger charge is -2.33. The van der Waals surface area contributed by atoms with Crippen molar-refractivity contribution in [3.05, 3.63) is 53.7 Å². The molecule has 1 amide bonds. The van der Waals surface area contributed by atoms with Gasteiger partial charge in [-0.25, -0.2) is 9.97 Å². The number of esters is 1. The monoisotopic (exact) mass is 423 g/mol. The van der Waals surface area contributed by atoms with Crippen LogP contribution in [0, 0.1) is 6.92 Å². The molecule has 1 aliphatic heterocycles. The van der Waals surface area contributed by atoms with Crippen LogP contribution in [0.2, 0.25) is 0 Å². The number of ether oxygens (including phenoxy) is 1. The van der Waals surface area contributed by atoms with Crippen LogP contribution in [0.1, 0.15) is 23.8 Å². The van der Waals surface area contributed by atoms with Gasteiger partial charge in [-0.2, -0.15) is 0 Å². The van der Waals surface area contributed by atoms with E-state index in [0.29, 0.717) is 37.8 Å². The Morgan fingerprint density at radius 1 is 1.29 bits per heavy atom. The number of hydrogen-bond donors (Lipinski definition) is 2. The second-order valence-electron chi connectivity index (χ2n) is 7.43. The van der Waals surface area contributed by atoms with Crippen molar-refractivity contribution in [2.45, 2.75) is 32.5 Å². The first-order valence-electron chi connectivity index (χ1n) is 10.2. The smallest absolute Gasteiger partial charge is 0.307 e. The molecular weight excluding hydrogens is 398 g/mol. The van der Waals surface area contributed by atoms with Crippen LogP contribution >= 0.6 is 0 Å². The number of methoxy groups -OCH3 is 1. The summed E-state index contributed by atoms with van der Waals surface area (Å²) < 4.78 is 10.4. The summed E-state index contributed by atoms with van der Waals surface area (Å²) in [7, 11) is 1.32. The van der Waals surface area contributed by atoms with Crippen molar-refractivity contribution < 1.29 is 18.7 Å². The number of nitrogens with one attached hydrogen (secondary N) is 2. The molecule has 1 atom stereocenters. The first kappa shape index (κ1) is 20.8. The summed E-state index contributed by atoms with van der Waals surface area (Å²) in [6.07, 6.45) is -0.0150. The Hall–Kier alpha value is -3.46. The summed E-state index contributed by atoms with van der Waals surface area (Å²) in [5, 5.41) is 7.05. The minimum atomic E-state index is -0.612. The fraction of sp³-hybridized carbons (Fsp3) is 0.364. The number of aromatic nitrogens is 2. The van der Waals surface area contributed by atoms with Crippen LogP contribution in [-0.2, 0) is 27.4 Å². The molecule has 1 saturated heterocycles. The number of carbonyl (C=O) groups excluding carboxylic acids is 2. The van der Waals surface area contributed by atoms with Crippen LogP contribution in [0.3, 0.4) is 0 Å². The first-order valence-corrected chi connectivity index (χ1v) is 10.2. The molecule has 0 bridgehead atoms. The van der Waals surface area contributed by atoms with Crippen LogP contribution in [0.5, 0.6) is 0 Å². The molecule has 0 aliphatic carbocycles. The lowest BCUT2D eigenvalue weighted by Crippen LogP contribution is -2.55. The number of rotatable bonds is 7. The van der Waals surface area contributed by atoms with Crippen LogP contribution in [0.4, 0.5) is 5.82 Å². The Morgan fingerprint density at radius 2 is 2.13 bits per heavy atom. The molecule has 0 radical (unpaired) electrons. The van der Waals surface area contributed by atoms with Crippen LogP contribution < -0.4 is 10.6 Å². The van der Waals surface area contributed by atoms with Crippen molar-refractivity contribution in [2.75, 3.05) is 25.5 Å². The second kappa shape index (κ2) is 9.13. The van der Waals surface area contributed by atoms with E-state index < -0.39 is 12.0 Å². The molecular formula is C22H25N5O4. The quantitative estimate of drug-likeness (QED) is 0.556. The third-order valence-electron chi connectivity index (χ3n) is 5.25. The van der Waals surface area contributed by atoms with Crippen molar-refractivity contribution in [2.24, 2.45) is 0 Å². The predicted octanol–water partition coefficient (Wildman–Crippen LogP) is 2.01. The van der Waals surface area contributed by atoms with E-state index in [4.69, 9.17) is 14.1 Å². The molecule has 2 N–H and O–H groups in total. The van der Waals surface area contributed by atoms with E-state index in [1.54, 1.807) is 0 Å². The summed E-state index contributed by atoms with van der Waals surface area (Å²) in [4.78, 5) is 35.5. The summed E-state index contributed by atoms with van der Waals surface area (Å²) in [5.41, 5.74) is 0.802. The van der Waals surface area contributed by atoms with Gasteiger partial charge < -0.3 is 19.8 Å². The van der Waals surface area contributed by atoms with Crippen LogP contribution in [0.15, 0.2) is 40.8 Å². The second-order valence-corrected chi connectivity index (χ2v) is 7.43. The number of amides is 1. The SMILES string of the molecule is COC(=O)CC1C(=O)NCCN1Cc1nc(NCc2ccc(C)o2)c2ccccc2n1. The van der Waals surface area contributed by atoms with Crippen LogP contribution in [-0.4, -0.2) is 53.0 Å². The third-order valence-corrected chi connectivity index (χ3v) is 5.25. The number of benzene rings is 1. The Labute approximate surface area is 179 Å². The highest BCUT2D eigenvalue weighted by Gasteiger charge is 2.32. The molecule has 4 rings (SSSR count). The minimum Gasteiger partial charge on any atom is -0.469 e. The van der Waals surface area contributed by atoms with Gasteiger partial charge in [-0.3, -0.25) is 14.5 Å². The summed E-state index contributed by atoms with van der Waals surface area (Å²) in [6, 6.07) is 11.0. The van der Waals surface area contributed by atoms with E-state index in [2.05, 4.69) is 15.6 Å². The molecule has 162 valence electrons. The van der Waals surface area contributed by atoms with E-state index in [1.165, 1.54) is 7.11 Å². The standard InChI is InChI=1S/C22H25N5O4/c1-14-7-8-15(31-14)12-24-21-16-5-3-4-6-17(16)25-19(26-21)13-27-10-9-23-22(29)18(27)11-20(28)30-2/h3-8,18H,9-13H2,1-2H3,(H,23,29)(H,24,25,26). The van der Waals surface area contributed by atoms with Gasteiger partial charge >= 0.3 is 5.97 Å². The third kappa shape index (κ3) is 4.83. The van der Waals surface area contributed by atoms with Crippen LogP contribution in [0.25, 0.3) is 10.9 Å². The highest BCUT2D eigenvalue weighted by Crippen LogP contribution is 2.22. The van der Waals surface area contributed by atoms with Crippen molar-refractivity contribution in [1.29, 1.82) is 0 Å². The molecule has 1 fully saturated rings. The number of nitrogens with zero attached hydrogens (tertiary/aromatic N) is 3. The summed E-state index contributed by atoms with van der Waals surface area (Å²) in [5.74, 6) is 2.31. The van der Waals surface area contributed by atoms with Gasteiger partial charge in [0.1, 0.15) is 29.2 Å². The number of furan rings is 1. The lowest BCUT2D eigenvalue weighted by atomic mass is 10.1. The Morgan fingerprint density at radius 3 is 2.90 bits per heavy atom. The summed E-state index contributed by atoms with van der Waals surface area (Å²) in [6.45, 7) is 3.84. The molecule has 3 aromatic rings. The van der Waals surface area contributed by atoms with E-state index in [-0.39, 0.29) is 12.3 Å². The molecule has 9 heteroatoms. The fourth-order valence-electron chi connectivity index (χ4n) is 3.68. The molecule has 3 heterocycles. The average molecular weight is 423 g/mol. The van der Waals surface area contributed by atoms with Gasteiger partial charge in [0.2, 0.25) is 5.91 Å². The average Bonchev–Trinajstić information content (AvgIpc) is 3.19. The normalized spacial score (nSPS) is 16.8. The largest absolute Gasteiger partial charge is 0.469 e. The number of piperazine rings is 1. The number of anilines is 1. The molecule has 0 saturated carbocycles. The van der Waals surface area contributed by atoms with Crippen molar-refractivity contribution in [3.8, 4) is 0 Å². The number of hydrogen-bond acceptors (Lipinski definition) is 8. The Balaban J connectivity index is 1.59. The maximum absolute atomic E-state index is 12.4. The zero-order chi connectivity index (χ0) is 21.8. The van der Waals surface area contributed by atoms with Gasteiger partial charge in [0.25, 0.3) is 0 Å². The molecule has 2 aromatic heterocycles. The van der Waals surface area contributed by atoms with E-state index >= 15 is 0 Å². The van der Waals surface area contributed by atoms with Gasteiger partial charge in [0, 0.05) is 18.5 Å². The van der Waals surface area contributed by atoms with E-state index in [9.17, 15) is 9.59 Å². The Bertz CT molecular complexity index is 1100. The number of fused-ring (bicyclic) bond motifs is 1. The Kier molecular flexibility index (Phi) is 6.13. The zero-order valence-electron chi connectivity index (χ0n) is 17.6. The first-order chi connectivity index (χ1) is 15.0. The topological polar surface area (TPSA) is 110 Å². The maximum Gasteiger partial charge on any atom is 0.307 e. The van der Waals surface area contributed by atoms with Gasteiger partial charge in [-0.1, -0.05) is 12.1 Å². The molecule has 9 nitrogen and oxygen atoms in total. The van der Waals surface area contributed by atoms with Gasteiger partial charge in [0.05, 0.1) is 32.1 Å². The van der Waals surface area contributed by atoms with Crippen molar-refractivity contribution in [3.63, 3.8) is 0 Å². The molecule has 31 heavy (non-hydrogen) atoms. The minimum absolute atomic E-state index is 0.0150. The lowest BCUT2D eigenvalue weighted by molar-refractivity contribution is -0.146. The number of aryl methyl sites for hydroxylation is 1. The zero-order valence-corrected chi connectivity index (χ0v) is 17.6. The predicted molar refractivity (Wildman–Crippen MR) is 114 cm³/mol. The van der Waals surface area contributed by atoms with Gasteiger partial charge in [-0.15, -0.1) is 0 Å². The molecule has 1 unspecified atom stereocenters. The number of para-hydroxylation sites is 1. The van der Waals surface area contributed by atoms with Crippen molar-refractivity contribution in [1.82, 2.24) is 20.2 Å². The van der Waals surface area contributed by atoms with Crippen molar-refractivity contribution >= 4 is 28.6 Å². The maximum atomic E-state index is 12.4. The van der Waals surface area contributed by atoms with Gasteiger partial charge in [-0.05, 0) is 31.2 Å². The van der Waals surface area contributed by atoms with E-state index in [1.807, 2.05) is 48.2 Å². The van der Waals surface area contributed by atoms with Gasteiger partial charge in [0.15, 0.2) is 0 Å². The highest BCUT2D eigenvalue weighted by atomic mass is 16.5. The number of carbonyl (C=O) groups is 2. The molecule has 1 aromatic carbocycles. The van der Waals surface area contributed by atoms with E-state index in [0.717, 1.165) is 22.4 Å². The summed E-state index contributed by atoms with van der Waals surface area (Å²) >= 11 is 0. The fourth-order valence-corrected chi connectivity index (χ4v) is 3.68. The molecule has 0 spiro atoms. The molecule has 1 aliphatic rings. The highest BCUT2D eigenvalue weighted by molar-refractivity contribution is 5.89.